The molecular weight excluding hydrogens is 585 g/mol. The maximum atomic E-state index is 14.0. The number of carbonyl (C=O) groups is 2. The Kier molecular flexibility index (Phi) is 11.1. The van der Waals surface area contributed by atoms with Crippen LogP contribution < -0.4 is 9.62 Å². The first-order valence-corrected chi connectivity index (χ1v) is 15.3. The minimum atomic E-state index is -3.95. The van der Waals surface area contributed by atoms with Crippen LogP contribution in [0.2, 0.25) is 0 Å². The molecule has 0 radical (unpaired) electrons. The molecule has 208 valence electrons. The van der Waals surface area contributed by atoms with Crippen molar-refractivity contribution in [2.45, 2.75) is 38.8 Å². The molecule has 0 aliphatic heterocycles. The lowest BCUT2D eigenvalue weighted by Crippen LogP contribution is -2.53. The SMILES string of the molecule is CCCCNC(=O)[C@H](Cc1ccccc1)N(Cc1ccc(Br)cc1)C(=O)CN(c1cccc(F)c1)S(C)(=O)=O. The van der Waals surface area contributed by atoms with Crippen LogP contribution in [0.15, 0.2) is 83.3 Å². The van der Waals surface area contributed by atoms with Gasteiger partial charge in [-0.2, -0.15) is 0 Å². The fourth-order valence-corrected chi connectivity index (χ4v) is 5.20. The molecule has 0 aliphatic carbocycles. The molecule has 0 spiro atoms. The molecule has 3 aromatic rings. The molecule has 7 nitrogen and oxygen atoms in total. The summed E-state index contributed by atoms with van der Waals surface area (Å²) < 4.78 is 41.1. The van der Waals surface area contributed by atoms with E-state index in [2.05, 4.69) is 21.2 Å². The zero-order valence-electron chi connectivity index (χ0n) is 22.0. The number of anilines is 1. The predicted molar refractivity (Wildman–Crippen MR) is 155 cm³/mol. The maximum absolute atomic E-state index is 14.0. The summed E-state index contributed by atoms with van der Waals surface area (Å²) in [6.07, 6.45) is 2.87. The van der Waals surface area contributed by atoms with Crippen LogP contribution in [0.3, 0.4) is 0 Å². The highest BCUT2D eigenvalue weighted by Crippen LogP contribution is 2.21. The van der Waals surface area contributed by atoms with Gasteiger partial charge in [-0.15, -0.1) is 0 Å². The van der Waals surface area contributed by atoms with Gasteiger partial charge in [-0.25, -0.2) is 12.8 Å². The average Bonchev–Trinajstić information content (AvgIpc) is 2.90. The van der Waals surface area contributed by atoms with E-state index in [0.717, 1.165) is 45.1 Å². The van der Waals surface area contributed by atoms with Crippen molar-refractivity contribution in [3.8, 4) is 0 Å². The van der Waals surface area contributed by atoms with Crippen molar-refractivity contribution in [2.24, 2.45) is 0 Å². The van der Waals surface area contributed by atoms with Crippen LogP contribution in [-0.4, -0.2) is 50.5 Å². The van der Waals surface area contributed by atoms with Gasteiger partial charge in [0.25, 0.3) is 0 Å². The van der Waals surface area contributed by atoms with Crippen molar-refractivity contribution in [1.82, 2.24) is 10.2 Å². The number of halogens is 2. The smallest absolute Gasteiger partial charge is 0.244 e. The summed E-state index contributed by atoms with van der Waals surface area (Å²) in [5, 5.41) is 2.94. The van der Waals surface area contributed by atoms with E-state index in [-0.39, 0.29) is 24.6 Å². The fourth-order valence-electron chi connectivity index (χ4n) is 4.09. The molecule has 10 heteroatoms. The van der Waals surface area contributed by atoms with Gasteiger partial charge in [0.05, 0.1) is 11.9 Å². The number of rotatable bonds is 13. The van der Waals surface area contributed by atoms with E-state index in [9.17, 15) is 22.4 Å². The van der Waals surface area contributed by atoms with E-state index in [4.69, 9.17) is 0 Å². The number of unbranched alkanes of at least 4 members (excludes halogenated alkanes) is 1. The molecule has 0 heterocycles. The third-order valence-electron chi connectivity index (χ3n) is 6.14. The van der Waals surface area contributed by atoms with Gasteiger partial charge in [-0.1, -0.05) is 77.8 Å². The Labute approximate surface area is 238 Å². The van der Waals surface area contributed by atoms with Crippen LogP contribution in [0.25, 0.3) is 0 Å². The van der Waals surface area contributed by atoms with Crippen LogP contribution in [0.1, 0.15) is 30.9 Å². The third kappa shape index (κ3) is 9.18. The number of hydrogen-bond donors (Lipinski definition) is 1. The van der Waals surface area contributed by atoms with Crippen LogP contribution >= 0.6 is 15.9 Å². The molecule has 39 heavy (non-hydrogen) atoms. The molecule has 0 saturated carbocycles. The minimum absolute atomic E-state index is 0.0291. The van der Waals surface area contributed by atoms with Crippen molar-refractivity contribution < 1.29 is 22.4 Å². The molecule has 0 aromatic heterocycles. The van der Waals surface area contributed by atoms with E-state index >= 15 is 0 Å². The van der Waals surface area contributed by atoms with Crippen molar-refractivity contribution in [3.05, 3.63) is 100 Å². The first kappa shape index (κ1) is 30.3. The van der Waals surface area contributed by atoms with Crippen LogP contribution in [-0.2, 0) is 32.6 Å². The Hall–Kier alpha value is -3.24. The second-order valence-corrected chi connectivity index (χ2v) is 12.1. The molecule has 0 saturated heterocycles. The maximum Gasteiger partial charge on any atom is 0.244 e. The molecular formula is C29H33BrFN3O4S. The summed E-state index contributed by atoms with van der Waals surface area (Å²) in [5.41, 5.74) is 1.65. The van der Waals surface area contributed by atoms with Crippen LogP contribution in [0.5, 0.6) is 0 Å². The van der Waals surface area contributed by atoms with Crippen molar-refractivity contribution in [3.63, 3.8) is 0 Å². The summed E-state index contributed by atoms with van der Waals surface area (Å²) in [6, 6.07) is 20.8. The van der Waals surface area contributed by atoms with Crippen molar-refractivity contribution >= 4 is 43.5 Å². The van der Waals surface area contributed by atoms with Crippen molar-refractivity contribution in [2.75, 3.05) is 23.7 Å². The van der Waals surface area contributed by atoms with Gasteiger partial charge >= 0.3 is 0 Å². The van der Waals surface area contributed by atoms with E-state index in [1.165, 1.54) is 23.1 Å². The summed E-state index contributed by atoms with van der Waals surface area (Å²) in [7, 11) is -3.95. The summed E-state index contributed by atoms with van der Waals surface area (Å²) >= 11 is 3.41. The molecule has 0 fully saturated rings. The largest absolute Gasteiger partial charge is 0.354 e. The van der Waals surface area contributed by atoms with Gasteiger partial charge in [-0.05, 0) is 47.9 Å². The number of carbonyl (C=O) groups excluding carboxylic acids is 2. The van der Waals surface area contributed by atoms with E-state index in [1.807, 2.05) is 61.5 Å². The highest BCUT2D eigenvalue weighted by molar-refractivity contribution is 9.10. The van der Waals surface area contributed by atoms with E-state index < -0.39 is 34.3 Å². The number of benzene rings is 3. The van der Waals surface area contributed by atoms with E-state index in [1.54, 1.807) is 0 Å². The fraction of sp³-hybridized carbons (Fsp3) is 0.310. The second-order valence-electron chi connectivity index (χ2n) is 9.25. The zero-order chi connectivity index (χ0) is 28.4. The van der Waals surface area contributed by atoms with E-state index in [0.29, 0.717) is 6.54 Å². The quantitative estimate of drug-likeness (QED) is 0.276. The predicted octanol–water partition coefficient (Wildman–Crippen LogP) is 4.91. The van der Waals surface area contributed by atoms with Gasteiger partial charge < -0.3 is 10.2 Å². The second kappa shape index (κ2) is 14.2. The Balaban J connectivity index is 2.02. The van der Waals surface area contributed by atoms with Gasteiger partial charge in [0.15, 0.2) is 0 Å². The molecule has 2 amide bonds. The minimum Gasteiger partial charge on any atom is -0.354 e. The number of amides is 2. The van der Waals surface area contributed by atoms with Crippen molar-refractivity contribution in [1.29, 1.82) is 0 Å². The molecule has 0 aliphatic rings. The van der Waals surface area contributed by atoms with Gasteiger partial charge in [0.2, 0.25) is 21.8 Å². The Bertz CT molecular complexity index is 1350. The molecule has 0 bridgehead atoms. The van der Waals surface area contributed by atoms with Gasteiger partial charge in [-0.3, -0.25) is 13.9 Å². The average molecular weight is 619 g/mol. The summed E-state index contributed by atoms with van der Waals surface area (Å²) in [6.45, 7) is 1.96. The number of hydrogen-bond acceptors (Lipinski definition) is 4. The first-order chi connectivity index (χ1) is 18.6. The highest BCUT2D eigenvalue weighted by atomic mass is 79.9. The van der Waals surface area contributed by atoms with Crippen LogP contribution in [0, 0.1) is 5.82 Å². The number of nitrogens with one attached hydrogen (secondary N) is 1. The Morgan fingerprint density at radius 2 is 1.67 bits per heavy atom. The molecule has 3 rings (SSSR count). The Morgan fingerprint density at radius 3 is 2.28 bits per heavy atom. The lowest BCUT2D eigenvalue weighted by atomic mass is 10.0. The molecule has 3 aromatic carbocycles. The third-order valence-corrected chi connectivity index (χ3v) is 7.81. The number of nitrogens with zero attached hydrogens (tertiary/aromatic N) is 2. The van der Waals surface area contributed by atoms with Crippen LogP contribution in [0.4, 0.5) is 10.1 Å². The highest BCUT2D eigenvalue weighted by Gasteiger charge is 2.33. The number of sulfonamides is 1. The molecule has 1 atom stereocenters. The molecule has 0 unspecified atom stereocenters. The molecule has 1 N–H and O–H groups in total. The topological polar surface area (TPSA) is 86.8 Å². The Morgan fingerprint density at radius 1 is 0.974 bits per heavy atom. The standard InChI is InChI=1S/C29H33BrFN3O4S/c1-3-4-17-32-29(36)27(18-22-9-6-5-7-10-22)33(20-23-13-15-24(30)16-14-23)28(35)21-34(39(2,37)38)26-12-8-11-25(31)19-26/h5-16,19,27H,3-4,17-18,20-21H2,1-2H3,(H,32,36)/t27-/m0/s1. The first-order valence-electron chi connectivity index (χ1n) is 12.7. The summed E-state index contributed by atoms with van der Waals surface area (Å²) in [4.78, 5) is 28.9. The van der Waals surface area contributed by atoms with Gasteiger partial charge in [0.1, 0.15) is 18.4 Å². The monoisotopic (exact) mass is 617 g/mol. The lowest BCUT2D eigenvalue weighted by Gasteiger charge is -2.33. The lowest BCUT2D eigenvalue weighted by molar-refractivity contribution is -0.140. The summed E-state index contributed by atoms with van der Waals surface area (Å²) in [5.74, 6) is -1.54. The van der Waals surface area contributed by atoms with Gasteiger partial charge in [0, 0.05) is 24.0 Å². The normalized spacial score (nSPS) is 12.0. The zero-order valence-corrected chi connectivity index (χ0v) is 24.4.